The van der Waals surface area contributed by atoms with Gasteiger partial charge in [-0.15, -0.1) is 23.1 Å². The summed E-state index contributed by atoms with van der Waals surface area (Å²) in [5, 5.41) is 9.85. The van der Waals surface area contributed by atoms with Crippen LogP contribution >= 0.6 is 23.1 Å². The van der Waals surface area contributed by atoms with Gasteiger partial charge in [0.2, 0.25) is 0 Å². The quantitative estimate of drug-likeness (QED) is 0.796. The van der Waals surface area contributed by atoms with Crippen molar-refractivity contribution in [3.8, 4) is 0 Å². The Morgan fingerprint density at radius 1 is 1.43 bits per heavy atom. The van der Waals surface area contributed by atoms with E-state index in [0.717, 1.165) is 31.9 Å². The Bertz CT molecular complexity index is 423. The Morgan fingerprint density at radius 3 is 2.86 bits per heavy atom. The van der Waals surface area contributed by atoms with E-state index in [-0.39, 0.29) is 11.7 Å². The van der Waals surface area contributed by atoms with Crippen LogP contribution in [0.4, 0.5) is 4.39 Å². The molecule has 4 heteroatoms. The van der Waals surface area contributed by atoms with E-state index in [1.807, 2.05) is 18.4 Å². The van der Waals surface area contributed by atoms with Crippen LogP contribution in [0.3, 0.4) is 0 Å². The molecule has 1 nitrogen and oxygen atoms in total. The van der Waals surface area contributed by atoms with E-state index in [0.29, 0.717) is 0 Å². The highest BCUT2D eigenvalue weighted by atomic mass is 32.2. The molecule has 0 radical (unpaired) electrons. The summed E-state index contributed by atoms with van der Waals surface area (Å²) in [6.45, 7) is 0.00559. The topological polar surface area (TPSA) is 20.2 Å². The van der Waals surface area contributed by atoms with Crippen molar-refractivity contribution < 1.29 is 9.50 Å². The lowest BCUT2D eigenvalue weighted by Gasteiger charge is -2.03. The summed E-state index contributed by atoms with van der Waals surface area (Å²) in [5.74, 6) is 0. The Morgan fingerprint density at radius 2 is 2.21 bits per heavy atom. The Kier molecular flexibility index (Phi) is 2.76. The van der Waals surface area contributed by atoms with Gasteiger partial charge < -0.3 is 5.11 Å². The molecular formula is C10H9FOS2. The molecule has 1 aromatic heterocycles. The summed E-state index contributed by atoms with van der Waals surface area (Å²) in [6, 6.07) is 5.31. The van der Waals surface area contributed by atoms with E-state index in [2.05, 4.69) is 0 Å². The second kappa shape index (κ2) is 3.88. The number of benzene rings is 1. The van der Waals surface area contributed by atoms with Crippen LogP contribution in [0.15, 0.2) is 23.1 Å². The van der Waals surface area contributed by atoms with Gasteiger partial charge in [-0.1, -0.05) is 0 Å². The number of thiophene rings is 1. The fraction of sp³-hybridized carbons (Fsp3) is 0.200. The molecule has 0 aliphatic heterocycles. The van der Waals surface area contributed by atoms with Crippen molar-refractivity contribution in [3.05, 3.63) is 28.9 Å². The summed E-state index contributed by atoms with van der Waals surface area (Å²) < 4.78 is 13.8. The maximum absolute atomic E-state index is 12.9. The van der Waals surface area contributed by atoms with Gasteiger partial charge in [0.05, 0.1) is 6.61 Å². The van der Waals surface area contributed by atoms with Crippen molar-refractivity contribution in [3.63, 3.8) is 0 Å². The minimum atomic E-state index is -0.179. The van der Waals surface area contributed by atoms with Gasteiger partial charge in [-0.2, -0.15) is 4.39 Å². The molecular weight excluding hydrogens is 219 g/mol. The van der Waals surface area contributed by atoms with Gasteiger partial charge in [0.25, 0.3) is 0 Å². The van der Waals surface area contributed by atoms with E-state index < -0.39 is 0 Å². The summed E-state index contributed by atoms with van der Waals surface area (Å²) in [4.78, 5) is 1.01. The van der Waals surface area contributed by atoms with E-state index in [1.165, 1.54) is 6.07 Å². The number of aliphatic hydroxyl groups is 1. The molecule has 1 heterocycles. The summed E-state index contributed by atoms with van der Waals surface area (Å²) in [6.07, 6.45) is 1.95. The summed E-state index contributed by atoms with van der Waals surface area (Å²) >= 11 is 2.68. The van der Waals surface area contributed by atoms with Crippen molar-refractivity contribution in [2.75, 3.05) is 6.26 Å². The Hall–Kier alpha value is -0.580. The smallest absolute Gasteiger partial charge is 0.177 e. The molecule has 0 saturated carbocycles. The van der Waals surface area contributed by atoms with E-state index >= 15 is 0 Å². The van der Waals surface area contributed by atoms with Gasteiger partial charge in [-0.05, 0) is 35.4 Å². The first-order chi connectivity index (χ1) is 6.74. The second-order valence-corrected chi connectivity index (χ2v) is 4.79. The fourth-order valence-electron chi connectivity index (χ4n) is 1.39. The lowest BCUT2D eigenvalue weighted by Crippen LogP contribution is -1.85. The molecule has 0 amide bonds. The zero-order valence-electron chi connectivity index (χ0n) is 7.58. The monoisotopic (exact) mass is 228 g/mol. The molecule has 1 aromatic carbocycles. The molecule has 0 bridgehead atoms. The van der Waals surface area contributed by atoms with Crippen molar-refractivity contribution in [1.82, 2.24) is 0 Å². The van der Waals surface area contributed by atoms with E-state index in [1.54, 1.807) is 11.8 Å². The fourth-order valence-corrected chi connectivity index (χ4v) is 2.85. The highest BCUT2D eigenvalue weighted by Crippen LogP contribution is 2.31. The minimum absolute atomic E-state index is 0.00559. The first kappa shape index (κ1) is 9.96. The molecule has 14 heavy (non-hydrogen) atoms. The zero-order valence-corrected chi connectivity index (χ0v) is 9.21. The SMILES string of the molecule is CSc1cc2cc(F)sc2cc1CO. The van der Waals surface area contributed by atoms with E-state index in [4.69, 9.17) is 5.11 Å². The average molecular weight is 228 g/mol. The van der Waals surface area contributed by atoms with Gasteiger partial charge >= 0.3 is 0 Å². The van der Waals surface area contributed by atoms with Crippen LogP contribution in [0.25, 0.3) is 10.1 Å². The summed E-state index contributed by atoms with van der Waals surface area (Å²) in [7, 11) is 0. The largest absolute Gasteiger partial charge is 0.392 e. The lowest BCUT2D eigenvalue weighted by molar-refractivity contribution is 0.279. The number of hydrogen-bond donors (Lipinski definition) is 1. The van der Waals surface area contributed by atoms with Crippen molar-refractivity contribution in [2.24, 2.45) is 0 Å². The van der Waals surface area contributed by atoms with Crippen LogP contribution < -0.4 is 0 Å². The number of thioether (sulfide) groups is 1. The molecule has 0 fully saturated rings. The number of aliphatic hydroxyl groups excluding tert-OH is 1. The maximum Gasteiger partial charge on any atom is 0.177 e. The van der Waals surface area contributed by atoms with Crippen molar-refractivity contribution in [1.29, 1.82) is 0 Å². The van der Waals surface area contributed by atoms with Crippen molar-refractivity contribution >= 4 is 33.2 Å². The minimum Gasteiger partial charge on any atom is -0.392 e. The van der Waals surface area contributed by atoms with Gasteiger partial charge in [-0.3, -0.25) is 0 Å². The third kappa shape index (κ3) is 1.65. The first-order valence-electron chi connectivity index (χ1n) is 4.11. The normalized spacial score (nSPS) is 11.1. The molecule has 2 aromatic rings. The molecule has 0 unspecified atom stereocenters. The number of fused-ring (bicyclic) bond motifs is 1. The third-order valence-corrected chi connectivity index (χ3v) is 3.77. The number of halogens is 1. The number of rotatable bonds is 2. The van der Waals surface area contributed by atoms with Crippen LogP contribution in [0.1, 0.15) is 5.56 Å². The predicted octanol–water partition coefficient (Wildman–Crippen LogP) is 3.25. The molecule has 2 rings (SSSR count). The first-order valence-corrected chi connectivity index (χ1v) is 6.15. The van der Waals surface area contributed by atoms with Crippen LogP contribution in [-0.4, -0.2) is 11.4 Å². The summed E-state index contributed by atoms with van der Waals surface area (Å²) in [5.41, 5.74) is 0.867. The Labute approximate surface area is 89.6 Å². The third-order valence-electron chi connectivity index (χ3n) is 2.06. The Balaban J connectivity index is 2.68. The van der Waals surface area contributed by atoms with Gasteiger partial charge in [0.15, 0.2) is 5.13 Å². The average Bonchev–Trinajstić information content (AvgIpc) is 2.54. The highest BCUT2D eigenvalue weighted by molar-refractivity contribution is 7.98. The molecule has 0 aliphatic rings. The molecule has 0 atom stereocenters. The van der Waals surface area contributed by atoms with Crippen LogP contribution in [0.5, 0.6) is 0 Å². The van der Waals surface area contributed by atoms with Gasteiger partial charge in [0, 0.05) is 9.60 Å². The van der Waals surface area contributed by atoms with Crippen molar-refractivity contribution in [2.45, 2.75) is 11.5 Å². The molecule has 0 saturated heterocycles. The maximum atomic E-state index is 12.9. The van der Waals surface area contributed by atoms with Gasteiger partial charge in [-0.25, -0.2) is 0 Å². The van der Waals surface area contributed by atoms with Crippen LogP contribution in [-0.2, 0) is 6.61 Å². The van der Waals surface area contributed by atoms with Crippen LogP contribution in [0, 0.1) is 5.13 Å². The molecule has 74 valence electrons. The molecule has 0 aliphatic carbocycles. The predicted molar refractivity (Wildman–Crippen MR) is 59.5 cm³/mol. The second-order valence-electron chi connectivity index (χ2n) is 2.91. The lowest BCUT2D eigenvalue weighted by atomic mass is 10.2. The number of hydrogen-bond acceptors (Lipinski definition) is 3. The highest BCUT2D eigenvalue weighted by Gasteiger charge is 2.06. The molecule has 0 spiro atoms. The molecule has 1 N–H and O–H groups in total. The van der Waals surface area contributed by atoms with E-state index in [9.17, 15) is 4.39 Å². The standard InChI is InChI=1S/C10H9FOS2/c1-13-8-2-6-4-10(11)14-9(6)3-7(8)5-12/h2-4,12H,5H2,1H3. The van der Waals surface area contributed by atoms with Crippen LogP contribution in [0.2, 0.25) is 0 Å². The zero-order chi connectivity index (χ0) is 10.1. The van der Waals surface area contributed by atoms with Gasteiger partial charge in [0.1, 0.15) is 0 Å².